The molecule has 0 aliphatic heterocycles. The van der Waals surface area contributed by atoms with Gasteiger partial charge in [0.1, 0.15) is 5.82 Å². The normalized spacial score (nSPS) is 10.6. The fourth-order valence-corrected chi connectivity index (χ4v) is 2.29. The molecule has 0 aliphatic carbocycles. The molecule has 122 valence electrons. The largest absolute Gasteiger partial charge is 0.502 e. The zero-order chi connectivity index (χ0) is 17.3. The number of carbonyl (C=O) groups is 1. The van der Waals surface area contributed by atoms with Gasteiger partial charge in [-0.15, -0.1) is 0 Å². The maximum atomic E-state index is 13.9. The number of carbonyl (C=O) groups excluding carboxylic acids is 1. The fourth-order valence-electron chi connectivity index (χ4n) is 2.12. The monoisotopic (exact) mass is 347 g/mol. The Hall–Kier alpha value is -2.99. The standard InChI is InChI=1S/C17H11ClFNO4/c18-10-6-7-12(19)11(8-10)15-13(21)14(22)17(24-15)20-16(23)9-4-2-1-3-5-9/h1-8,21-22H,(H,20,23). The van der Waals surface area contributed by atoms with E-state index in [1.165, 1.54) is 12.1 Å². The summed E-state index contributed by atoms with van der Waals surface area (Å²) >= 11 is 5.81. The van der Waals surface area contributed by atoms with Crippen LogP contribution in [0.3, 0.4) is 0 Å². The lowest BCUT2D eigenvalue weighted by Crippen LogP contribution is -2.11. The first-order valence-electron chi connectivity index (χ1n) is 6.84. The van der Waals surface area contributed by atoms with E-state index >= 15 is 0 Å². The number of anilines is 1. The highest BCUT2D eigenvalue weighted by molar-refractivity contribution is 6.30. The third kappa shape index (κ3) is 2.91. The van der Waals surface area contributed by atoms with Gasteiger partial charge in [-0.1, -0.05) is 29.8 Å². The van der Waals surface area contributed by atoms with Gasteiger partial charge in [0.2, 0.25) is 17.4 Å². The number of hydrogen-bond donors (Lipinski definition) is 3. The summed E-state index contributed by atoms with van der Waals surface area (Å²) < 4.78 is 19.1. The molecule has 2 aromatic carbocycles. The first kappa shape index (κ1) is 15.9. The molecule has 0 aliphatic rings. The SMILES string of the molecule is O=C(Nc1oc(-c2cc(Cl)ccc2F)c(O)c1O)c1ccccc1. The molecule has 0 saturated heterocycles. The van der Waals surface area contributed by atoms with Crippen molar-refractivity contribution in [2.75, 3.05) is 5.32 Å². The van der Waals surface area contributed by atoms with E-state index in [2.05, 4.69) is 5.32 Å². The first-order valence-corrected chi connectivity index (χ1v) is 7.21. The summed E-state index contributed by atoms with van der Waals surface area (Å²) in [5, 5.41) is 22.4. The summed E-state index contributed by atoms with van der Waals surface area (Å²) in [6.45, 7) is 0. The zero-order valence-electron chi connectivity index (χ0n) is 12.1. The van der Waals surface area contributed by atoms with E-state index < -0.39 is 29.1 Å². The van der Waals surface area contributed by atoms with Gasteiger partial charge in [0.25, 0.3) is 5.91 Å². The Morgan fingerprint density at radius 3 is 2.50 bits per heavy atom. The number of nitrogens with one attached hydrogen (secondary N) is 1. The number of rotatable bonds is 3. The molecule has 0 radical (unpaired) electrons. The van der Waals surface area contributed by atoms with Gasteiger partial charge in [-0.05, 0) is 30.3 Å². The molecule has 0 fully saturated rings. The molecule has 3 aromatic rings. The number of amides is 1. The second-order valence-corrected chi connectivity index (χ2v) is 5.34. The second kappa shape index (κ2) is 6.25. The Kier molecular flexibility index (Phi) is 4.14. The van der Waals surface area contributed by atoms with Crippen LogP contribution in [0, 0.1) is 5.82 Å². The van der Waals surface area contributed by atoms with Gasteiger partial charge >= 0.3 is 0 Å². The average molecular weight is 348 g/mol. The topological polar surface area (TPSA) is 82.7 Å². The van der Waals surface area contributed by atoms with Crippen LogP contribution in [0.4, 0.5) is 10.3 Å². The molecule has 1 amide bonds. The minimum atomic E-state index is -0.704. The van der Waals surface area contributed by atoms with Crippen LogP contribution in [-0.2, 0) is 0 Å². The second-order valence-electron chi connectivity index (χ2n) is 4.90. The van der Waals surface area contributed by atoms with E-state index in [0.717, 1.165) is 6.07 Å². The molecule has 1 aromatic heterocycles. The molecular formula is C17H11ClFNO4. The Morgan fingerprint density at radius 1 is 1.08 bits per heavy atom. The third-order valence-corrected chi connectivity index (χ3v) is 3.53. The Balaban J connectivity index is 1.97. The summed E-state index contributed by atoms with van der Waals surface area (Å²) in [4.78, 5) is 12.1. The Morgan fingerprint density at radius 2 is 1.79 bits per heavy atom. The van der Waals surface area contributed by atoms with Gasteiger partial charge in [0, 0.05) is 10.6 Å². The summed E-state index contributed by atoms with van der Waals surface area (Å²) in [7, 11) is 0. The van der Waals surface area contributed by atoms with Crippen LogP contribution in [0.5, 0.6) is 11.5 Å². The average Bonchev–Trinajstić information content (AvgIpc) is 2.86. The first-order chi connectivity index (χ1) is 11.5. The van der Waals surface area contributed by atoms with Gasteiger partial charge in [0.15, 0.2) is 5.76 Å². The number of halogens is 2. The number of furan rings is 1. The van der Waals surface area contributed by atoms with Gasteiger partial charge in [-0.2, -0.15) is 0 Å². The summed E-state index contributed by atoms with van der Waals surface area (Å²) in [5.74, 6) is -3.39. The van der Waals surface area contributed by atoms with Crippen molar-refractivity contribution in [2.24, 2.45) is 0 Å². The van der Waals surface area contributed by atoms with E-state index in [1.54, 1.807) is 30.3 Å². The summed E-state index contributed by atoms with van der Waals surface area (Å²) in [6.07, 6.45) is 0. The van der Waals surface area contributed by atoms with E-state index in [0.29, 0.717) is 5.56 Å². The summed E-state index contributed by atoms with van der Waals surface area (Å²) in [5.41, 5.74) is 0.179. The molecule has 0 bridgehead atoms. The minimum absolute atomic E-state index is 0.143. The van der Waals surface area contributed by atoms with Crippen LogP contribution in [0.25, 0.3) is 11.3 Å². The molecule has 24 heavy (non-hydrogen) atoms. The minimum Gasteiger partial charge on any atom is -0.502 e. The van der Waals surface area contributed by atoms with Crippen LogP contribution in [0.2, 0.25) is 5.02 Å². The molecule has 0 saturated carbocycles. The van der Waals surface area contributed by atoms with E-state index in [9.17, 15) is 19.4 Å². The van der Waals surface area contributed by atoms with Crippen LogP contribution < -0.4 is 5.32 Å². The highest BCUT2D eigenvalue weighted by Crippen LogP contribution is 2.46. The summed E-state index contributed by atoms with van der Waals surface area (Å²) in [6, 6.07) is 11.9. The molecule has 3 rings (SSSR count). The van der Waals surface area contributed by atoms with Crippen molar-refractivity contribution in [3.63, 3.8) is 0 Å². The van der Waals surface area contributed by atoms with Crippen molar-refractivity contribution in [1.82, 2.24) is 0 Å². The maximum Gasteiger partial charge on any atom is 0.258 e. The van der Waals surface area contributed by atoms with Crippen LogP contribution >= 0.6 is 11.6 Å². The number of benzene rings is 2. The van der Waals surface area contributed by atoms with Gasteiger partial charge in [-0.3, -0.25) is 10.1 Å². The molecule has 0 atom stereocenters. The molecular weight excluding hydrogens is 337 g/mol. The van der Waals surface area contributed by atoms with Crippen LogP contribution in [0.1, 0.15) is 10.4 Å². The van der Waals surface area contributed by atoms with E-state index in [1.807, 2.05) is 0 Å². The van der Waals surface area contributed by atoms with Crippen molar-refractivity contribution < 1.29 is 23.8 Å². The molecule has 0 unspecified atom stereocenters. The predicted molar refractivity (Wildman–Crippen MR) is 86.8 cm³/mol. The number of hydrogen-bond acceptors (Lipinski definition) is 4. The van der Waals surface area contributed by atoms with Crippen molar-refractivity contribution in [2.45, 2.75) is 0 Å². The molecule has 7 heteroatoms. The molecule has 0 spiro atoms. The van der Waals surface area contributed by atoms with Crippen molar-refractivity contribution in [3.05, 3.63) is 64.9 Å². The zero-order valence-corrected chi connectivity index (χ0v) is 12.8. The molecule has 3 N–H and O–H groups in total. The van der Waals surface area contributed by atoms with Crippen LogP contribution in [0.15, 0.2) is 52.9 Å². The Bertz CT molecular complexity index is 908. The van der Waals surface area contributed by atoms with Gasteiger partial charge in [-0.25, -0.2) is 4.39 Å². The van der Waals surface area contributed by atoms with Crippen molar-refractivity contribution in [1.29, 1.82) is 0 Å². The van der Waals surface area contributed by atoms with Crippen molar-refractivity contribution >= 4 is 23.4 Å². The van der Waals surface area contributed by atoms with Gasteiger partial charge < -0.3 is 14.6 Å². The third-order valence-electron chi connectivity index (χ3n) is 3.29. The quantitative estimate of drug-likeness (QED) is 0.655. The van der Waals surface area contributed by atoms with Gasteiger partial charge in [0.05, 0.1) is 5.56 Å². The highest BCUT2D eigenvalue weighted by Gasteiger charge is 2.24. The highest BCUT2D eigenvalue weighted by atomic mass is 35.5. The lowest BCUT2D eigenvalue weighted by Gasteiger charge is -2.02. The number of aromatic hydroxyl groups is 2. The lowest BCUT2D eigenvalue weighted by molar-refractivity contribution is 0.102. The predicted octanol–water partition coefficient (Wildman–Crippen LogP) is 4.40. The smallest absolute Gasteiger partial charge is 0.258 e. The van der Waals surface area contributed by atoms with Crippen molar-refractivity contribution in [3.8, 4) is 22.8 Å². The van der Waals surface area contributed by atoms with Crippen LogP contribution in [-0.4, -0.2) is 16.1 Å². The molecule has 1 heterocycles. The Labute approximate surface area is 140 Å². The van der Waals surface area contributed by atoms with E-state index in [4.69, 9.17) is 16.0 Å². The molecule has 5 nitrogen and oxygen atoms in total. The lowest BCUT2D eigenvalue weighted by atomic mass is 10.1. The van der Waals surface area contributed by atoms with E-state index in [-0.39, 0.29) is 16.3 Å². The maximum absolute atomic E-state index is 13.9. The fraction of sp³-hybridized carbons (Fsp3) is 0.